The average molecular weight is 209 g/mol. The van der Waals surface area contributed by atoms with Gasteiger partial charge in [0.1, 0.15) is 0 Å². The lowest BCUT2D eigenvalue weighted by molar-refractivity contribution is 0.302. The molecule has 0 spiro atoms. The summed E-state index contributed by atoms with van der Waals surface area (Å²) < 4.78 is 0. The first-order valence-corrected chi connectivity index (χ1v) is 7.03. The first-order chi connectivity index (χ1) is 7.29. The van der Waals surface area contributed by atoms with Crippen LogP contribution in [0.1, 0.15) is 52.9 Å². The van der Waals surface area contributed by atoms with Gasteiger partial charge in [0.05, 0.1) is 0 Å². The molecule has 2 saturated carbocycles. The van der Waals surface area contributed by atoms with E-state index in [1.54, 1.807) is 0 Å². The summed E-state index contributed by atoms with van der Waals surface area (Å²) in [5.41, 5.74) is 0. The predicted molar refractivity (Wildman–Crippen MR) is 65.9 cm³/mol. The van der Waals surface area contributed by atoms with Crippen molar-refractivity contribution in [3.05, 3.63) is 0 Å². The lowest BCUT2D eigenvalue weighted by atomic mass is 9.91. The lowest BCUT2D eigenvalue weighted by Gasteiger charge is -2.26. The topological polar surface area (TPSA) is 12.0 Å². The number of rotatable bonds is 6. The number of hydrogen-bond donors (Lipinski definition) is 1. The van der Waals surface area contributed by atoms with Crippen LogP contribution in [0.15, 0.2) is 0 Å². The Balaban J connectivity index is 1.88. The summed E-state index contributed by atoms with van der Waals surface area (Å²) in [5.74, 6) is 4.12. The van der Waals surface area contributed by atoms with E-state index in [2.05, 4.69) is 26.1 Å². The third kappa shape index (κ3) is 2.22. The fourth-order valence-corrected chi connectivity index (χ4v) is 3.69. The summed E-state index contributed by atoms with van der Waals surface area (Å²) in [6.07, 6.45) is 7.16. The molecule has 2 rings (SSSR count). The quantitative estimate of drug-likeness (QED) is 0.706. The van der Waals surface area contributed by atoms with Crippen LogP contribution in [0.3, 0.4) is 0 Å². The molecule has 88 valence electrons. The van der Waals surface area contributed by atoms with Crippen LogP contribution in [0, 0.1) is 23.7 Å². The standard InChI is InChI=1S/C14H27N/c1-4-9-15-14(10(3)5-2)13-11-7-6-8-12(11)13/h10-15H,4-9H2,1-3H3. The maximum atomic E-state index is 3.81. The van der Waals surface area contributed by atoms with Gasteiger partial charge in [0.15, 0.2) is 0 Å². The minimum atomic E-state index is 0.824. The van der Waals surface area contributed by atoms with Crippen molar-refractivity contribution in [3.63, 3.8) is 0 Å². The van der Waals surface area contributed by atoms with E-state index < -0.39 is 0 Å². The Labute approximate surface area is 95.0 Å². The zero-order chi connectivity index (χ0) is 10.8. The van der Waals surface area contributed by atoms with E-state index in [1.165, 1.54) is 38.6 Å². The highest BCUT2D eigenvalue weighted by molar-refractivity contribution is 5.07. The number of hydrogen-bond acceptors (Lipinski definition) is 1. The molecule has 4 atom stereocenters. The van der Waals surface area contributed by atoms with Crippen molar-refractivity contribution < 1.29 is 0 Å². The molecule has 0 aromatic heterocycles. The van der Waals surface area contributed by atoms with Crippen molar-refractivity contribution in [1.29, 1.82) is 0 Å². The Bertz CT molecular complexity index is 192. The molecule has 1 heteroatoms. The zero-order valence-electron chi connectivity index (χ0n) is 10.6. The Hall–Kier alpha value is -0.0400. The fourth-order valence-electron chi connectivity index (χ4n) is 3.69. The molecule has 0 aromatic carbocycles. The Morgan fingerprint density at radius 2 is 1.87 bits per heavy atom. The van der Waals surface area contributed by atoms with Crippen LogP contribution in [0.5, 0.6) is 0 Å². The molecule has 4 unspecified atom stereocenters. The molecular formula is C14H27N. The van der Waals surface area contributed by atoms with Crippen LogP contribution < -0.4 is 5.32 Å². The summed E-state index contributed by atoms with van der Waals surface area (Å²) >= 11 is 0. The molecule has 0 aromatic rings. The fraction of sp³-hybridized carbons (Fsp3) is 1.00. The molecule has 0 saturated heterocycles. The second-order valence-corrected chi connectivity index (χ2v) is 5.70. The number of fused-ring (bicyclic) bond motifs is 1. The lowest BCUT2D eigenvalue weighted by Crippen LogP contribution is -2.38. The van der Waals surface area contributed by atoms with E-state index in [1.807, 2.05) is 0 Å². The zero-order valence-corrected chi connectivity index (χ0v) is 10.6. The van der Waals surface area contributed by atoms with E-state index in [0.717, 1.165) is 29.7 Å². The third-order valence-corrected chi connectivity index (χ3v) is 4.77. The Morgan fingerprint density at radius 1 is 1.20 bits per heavy atom. The summed E-state index contributed by atoms with van der Waals surface area (Å²) in [6.45, 7) is 8.25. The van der Waals surface area contributed by atoms with Gasteiger partial charge in [-0.05, 0) is 49.5 Å². The second kappa shape index (κ2) is 4.86. The molecule has 2 aliphatic rings. The highest BCUT2D eigenvalue weighted by atomic mass is 14.9. The second-order valence-electron chi connectivity index (χ2n) is 5.70. The van der Waals surface area contributed by atoms with Crippen LogP contribution in [0.25, 0.3) is 0 Å². The Morgan fingerprint density at radius 3 is 2.40 bits per heavy atom. The molecule has 15 heavy (non-hydrogen) atoms. The van der Waals surface area contributed by atoms with Crippen molar-refractivity contribution in [2.24, 2.45) is 23.7 Å². The van der Waals surface area contributed by atoms with Gasteiger partial charge in [0, 0.05) is 6.04 Å². The van der Waals surface area contributed by atoms with Gasteiger partial charge in [-0.3, -0.25) is 0 Å². The molecule has 2 fully saturated rings. The van der Waals surface area contributed by atoms with Gasteiger partial charge in [0.25, 0.3) is 0 Å². The van der Waals surface area contributed by atoms with Crippen molar-refractivity contribution in [2.75, 3.05) is 6.54 Å². The van der Waals surface area contributed by atoms with Gasteiger partial charge >= 0.3 is 0 Å². The molecule has 1 nitrogen and oxygen atoms in total. The van der Waals surface area contributed by atoms with Gasteiger partial charge in [-0.15, -0.1) is 0 Å². The minimum absolute atomic E-state index is 0.824. The molecule has 2 aliphatic carbocycles. The van der Waals surface area contributed by atoms with Crippen molar-refractivity contribution in [1.82, 2.24) is 5.32 Å². The highest BCUT2D eigenvalue weighted by Gasteiger charge is 2.56. The molecule has 0 radical (unpaired) electrons. The average Bonchev–Trinajstić information content (AvgIpc) is 2.73. The summed E-state index contributed by atoms with van der Waals surface area (Å²) in [5, 5.41) is 3.81. The molecular weight excluding hydrogens is 182 g/mol. The van der Waals surface area contributed by atoms with E-state index in [-0.39, 0.29) is 0 Å². The minimum Gasteiger partial charge on any atom is -0.313 e. The van der Waals surface area contributed by atoms with Crippen molar-refractivity contribution >= 4 is 0 Å². The smallest absolute Gasteiger partial charge is 0.0126 e. The van der Waals surface area contributed by atoms with Gasteiger partial charge in [0.2, 0.25) is 0 Å². The number of nitrogens with one attached hydrogen (secondary N) is 1. The van der Waals surface area contributed by atoms with Crippen LogP contribution in [-0.2, 0) is 0 Å². The first-order valence-electron chi connectivity index (χ1n) is 7.03. The maximum absolute atomic E-state index is 3.81. The largest absolute Gasteiger partial charge is 0.313 e. The van der Waals surface area contributed by atoms with Crippen LogP contribution in [0.4, 0.5) is 0 Å². The summed E-state index contributed by atoms with van der Waals surface area (Å²) in [7, 11) is 0. The van der Waals surface area contributed by atoms with Crippen LogP contribution >= 0.6 is 0 Å². The summed E-state index contributed by atoms with van der Waals surface area (Å²) in [6, 6.07) is 0.824. The predicted octanol–water partition coefficient (Wildman–Crippen LogP) is 3.45. The van der Waals surface area contributed by atoms with E-state index >= 15 is 0 Å². The Kier molecular flexibility index (Phi) is 3.71. The normalized spacial score (nSPS) is 37.4. The third-order valence-electron chi connectivity index (χ3n) is 4.77. The van der Waals surface area contributed by atoms with Gasteiger partial charge in [-0.2, -0.15) is 0 Å². The molecule has 1 N–H and O–H groups in total. The van der Waals surface area contributed by atoms with Gasteiger partial charge in [-0.25, -0.2) is 0 Å². The molecule has 0 bridgehead atoms. The monoisotopic (exact) mass is 209 g/mol. The maximum Gasteiger partial charge on any atom is 0.0126 e. The SMILES string of the molecule is CCCNC(C(C)CC)C1C2CCCC21. The molecule has 0 heterocycles. The van der Waals surface area contributed by atoms with E-state index in [9.17, 15) is 0 Å². The van der Waals surface area contributed by atoms with E-state index in [0.29, 0.717) is 0 Å². The highest BCUT2D eigenvalue weighted by Crippen LogP contribution is 2.59. The van der Waals surface area contributed by atoms with Gasteiger partial charge < -0.3 is 5.32 Å². The van der Waals surface area contributed by atoms with Crippen LogP contribution in [0.2, 0.25) is 0 Å². The van der Waals surface area contributed by atoms with Crippen LogP contribution in [-0.4, -0.2) is 12.6 Å². The summed E-state index contributed by atoms with van der Waals surface area (Å²) in [4.78, 5) is 0. The van der Waals surface area contributed by atoms with Gasteiger partial charge in [-0.1, -0.05) is 33.6 Å². The molecule has 0 amide bonds. The van der Waals surface area contributed by atoms with Crippen molar-refractivity contribution in [2.45, 2.75) is 58.9 Å². The molecule has 0 aliphatic heterocycles. The van der Waals surface area contributed by atoms with Crippen molar-refractivity contribution in [3.8, 4) is 0 Å². The van der Waals surface area contributed by atoms with E-state index in [4.69, 9.17) is 0 Å². The first kappa shape index (κ1) is 11.4.